The van der Waals surface area contributed by atoms with Gasteiger partial charge in [0.25, 0.3) is 5.91 Å². The molecule has 9 heteroatoms. The lowest BCUT2D eigenvalue weighted by Crippen LogP contribution is -2.28. The average Bonchev–Trinajstić information content (AvgIpc) is 3.09. The van der Waals surface area contributed by atoms with Gasteiger partial charge in [-0.25, -0.2) is 9.07 Å². The van der Waals surface area contributed by atoms with Crippen LogP contribution in [0.3, 0.4) is 0 Å². The minimum Gasteiger partial charge on any atom is -0.352 e. The molecule has 0 unspecified atom stereocenters. The van der Waals surface area contributed by atoms with Crippen molar-refractivity contribution in [2.75, 3.05) is 6.54 Å². The van der Waals surface area contributed by atoms with Gasteiger partial charge < -0.3 is 5.32 Å². The molecule has 1 amide bonds. The third kappa shape index (κ3) is 4.51. The zero-order valence-corrected chi connectivity index (χ0v) is 15.1. The van der Waals surface area contributed by atoms with Crippen molar-refractivity contribution in [3.05, 3.63) is 82.4 Å². The van der Waals surface area contributed by atoms with E-state index >= 15 is 0 Å². The van der Waals surface area contributed by atoms with Gasteiger partial charge in [-0.2, -0.15) is 18.3 Å². The predicted molar refractivity (Wildman–Crippen MR) is 96.0 cm³/mol. The van der Waals surface area contributed by atoms with Crippen LogP contribution in [0, 0.1) is 5.82 Å². The molecule has 0 aliphatic rings. The Morgan fingerprint density at radius 3 is 2.32 bits per heavy atom. The van der Waals surface area contributed by atoms with Crippen molar-refractivity contribution in [3.8, 4) is 5.69 Å². The number of amides is 1. The second-order valence-electron chi connectivity index (χ2n) is 5.93. The van der Waals surface area contributed by atoms with Crippen LogP contribution in [0.4, 0.5) is 17.6 Å². The highest BCUT2D eigenvalue weighted by molar-refractivity contribution is 6.30. The molecule has 0 bridgehead atoms. The van der Waals surface area contributed by atoms with Crippen molar-refractivity contribution in [2.24, 2.45) is 0 Å². The number of hydrogen-bond acceptors (Lipinski definition) is 2. The number of carbonyl (C=O) groups is 1. The number of carbonyl (C=O) groups excluding carboxylic acids is 1. The maximum absolute atomic E-state index is 13.6. The maximum Gasteiger partial charge on any atom is 0.434 e. The highest BCUT2D eigenvalue weighted by atomic mass is 35.5. The molecule has 0 aliphatic heterocycles. The van der Waals surface area contributed by atoms with Gasteiger partial charge in [0.15, 0.2) is 5.69 Å². The second-order valence-corrected chi connectivity index (χ2v) is 6.36. The highest BCUT2D eigenvalue weighted by Gasteiger charge is 2.40. The Hall–Kier alpha value is -2.87. The second kappa shape index (κ2) is 8.02. The van der Waals surface area contributed by atoms with Gasteiger partial charge in [0.05, 0.1) is 17.4 Å². The van der Waals surface area contributed by atoms with Crippen molar-refractivity contribution >= 4 is 17.5 Å². The SMILES string of the molecule is O=C(NCCc1ccc(Cl)cc1)c1cnn(-c2ccc(F)cc2)c1C(F)(F)F. The molecule has 1 heterocycles. The van der Waals surface area contributed by atoms with Gasteiger partial charge >= 0.3 is 6.18 Å². The van der Waals surface area contributed by atoms with E-state index in [1.807, 2.05) is 0 Å². The molecule has 0 radical (unpaired) electrons. The fourth-order valence-electron chi connectivity index (χ4n) is 2.63. The molecule has 3 aromatic rings. The average molecular weight is 412 g/mol. The molecular weight excluding hydrogens is 398 g/mol. The lowest BCUT2D eigenvalue weighted by molar-refractivity contribution is -0.143. The lowest BCUT2D eigenvalue weighted by Gasteiger charge is -2.13. The van der Waals surface area contributed by atoms with E-state index in [1.165, 1.54) is 0 Å². The summed E-state index contributed by atoms with van der Waals surface area (Å²) in [5.74, 6) is -1.49. The molecule has 0 atom stereocenters. The van der Waals surface area contributed by atoms with E-state index in [9.17, 15) is 22.4 Å². The number of nitrogens with zero attached hydrogens (tertiary/aromatic N) is 2. The molecule has 4 nitrogen and oxygen atoms in total. The first-order valence-corrected chi connectivity index (χ1v) is 8.57. The topological polar surface area (TPSA) is 46.9 Å². The van der Waals surface area contributed by atoms with E-state index in [4.69, 9.17) is 11.6 Å². The van der Waals surface area contributed by atoms with Crippen molar-refractivity contribution in [3.63, 3.8) is 0 Å². The zero-order valence-electron chi connectivity index (χ0n) is 14.3. The molecular formula is C19H14ClF4N3O. The van der Waals surface area contributed by atoms with Crippen LogP contribution < -0.4 is 5.32 Å². The first-order valence-electron chi connectivity index (χ1n) is 8.19. The minimum absolute atomic E-state index is 0.00561. The van der Waals surface area contributed by atoms with E-state index in [0.717, 1.165) is 36.0 Å². The summed E-state index contributed by atoms with van der Waals surface area (Å²) in [5.41, 5.74) is -0.951. The van der Waals surface area contributed by atoms with Crippen LogP contribution in [0.5, 0.6) is 0 Å². The van der Waals surface area contributed by atoms with Crippen LogP contribution in [-0.4, -0.2) is 22.2 Å². The summed E-state index contributed by atoms with van der Waals surface area (Å²) in [6.45, 7) is 0.138. The van der Waals surface area contributed by atoms with E-state index in [0.29, 0.717) is 16.1 Å². The van der Waals surface area contributed by atoms with Crippen LogP contribution in [0.25, 0.3) is 5.69 Å². The standard InChI is InChI=1S/C19H14ClF4N3O/c20-13-3-1-12(2-4-13)9-10-25-18(28)16-11-26-27(17(16)19(22,23)24)15-7-5-14(21)6-8-15/h1-8,11H,9-10H2,(H,25,28). The molecule has 0 saturated heterocycles. The normalized spacial score (nSPS) is 11.5. The zero-order chi connectivity index (χ0) is 20.3. The number of rotatable bonds is 5. The highest BCUT2D eigenvalue weighted by Crippen LogP contribution is 2.33. The predicted octanol–water partition coefficient (Wildman–Crippen LogP) is 4.66. The van der Waals surface area contributed by atoms with Gasteiger partial charge in [-0.3, -0.25) is 4.79 Å². The van der Waals surface area contributed by atoms with Crippen molar-refractivity contribution in [1.82, 2.24) is 15.1 Å². The fraction of sp³-hybridized carbons (Fsp3) is 0.158. The van der Waals surface area contributed by atoms with Gasteiger partial charge in [0.1, 0.15) is 5.82 Å². The summed E-state index contributed by atoms with van der Waals surface area (Å²) in [6.07, 6.45) is -3.55. The number of hydrogen-bond donors (Lipinski definition) is 1. The summed E-state index contributed by atoms with van der Waals surface area (Å²) in [7, 11) is 0. The molecule has 0 spiro atoms. The van der Waals surface area contributed by atoms with Gasteiger partial charge in [0, 0.05) is 11.6 Å². The minimum atomic E-state index is -4.83. The molecule has 1 N–H and O–H groups in total. The largest absolute Gasteiger partial charge is 0.434 e. The third-order valence-corrected chi connectivity index (χ3v) is 4.22. The molecule has 1 aromatic heterocycles. The van der Waals surface area contributed by atoms with Crippen LogP contribution in [0.2, 0.25) is 5.02 Å². The van der Waals surface area contributed by atoms with Crippen molar-refractivity contribution < 1.29 is 22.4 Å². The molecule has 28 heavy (non-hydrogen) atoms. The lowest BCUT2D eigenvalue weighted by atomic mass is 10.1. The molecule has 0 aliphatic carbocycles. The first kappa shape index (κ1) is 19.9. The Balaban J connectivity index is 1.79. The quantitative estimate of drug-likeness (QED) is 0.621. The summed E-state index contributed by atoms with van der Waals surface area (Å²) in [6, 6.07) is 11.2. The van der Waals surface area contributed by atoms with E-state index in [-0.39, 0.29) is 12.2 Å². The Morgan fingerprint density at radius 2 is 1.71 bits per heavy atom. The summed E-state index contributed by atoms with van der Waals surface area (Å²) in [5, 5.41) is 6.71. The number of nitrogens with one attached hydrogen (secondary N) is 1. The number of aromatic nitrogens is 2. The maximum atomic E-state index is 13.6. The summed E-state index contributed by atoms with van der Waals surface area (Å²) in [4.78, 5) is 12.3. The van der Waals surface area contributed by atoms with Gasteiger partial charge in [-0.05, 0) is 48.4 Å². The Morgan fingerprint density at radius 1 is 1.07 bits per heavy atom. The van der Waals surface area contributed by atoms with E-state index in [2.05, 4.69) is 10.4 Å². The summed E-state index contributed by atoms with van der Waals surface area (Å²) >= 11 is 5.79. The molecule has 0 saturated carbocycles. The van der Waals surface area contributed by atoms with Crippen LogP contribution in [-0.2, 0) is 12.6 Å². The Bertz CT molecular complexity index is 966. The van der Waals surface area contributed by atoms with Crippen LogP contribution in [0.1, 0.15) is 21.6 Å². The van der Waals surface area contributed by atoms with Gasteiger partial charge in [0.2, 0.25) is 0 Å². The first-order chi connectivity index (χ1) is 13.3. The Kier molecular flexibility index (Phi) is 5.69. The number of benzene rings is 2. The van der Waals surface area contributed by atoms with E-state index in [1.54, 1.807) is 24.3 Å². The van der Waals surface area contributed by atoms with E-state index < -0.39 is 29.2 Å². The number of alkyl halides is 3. The molecule has 0 fully saturated rings. The number of halogens is 5. The summed E-state index contributed by atoms with van der Waals surface area (Å²) < 4.78 is 54.3. The molecule has 2 aromatic carbocycles. The van der Waals surface area contributed by atoms with Crippen molar-refractivity contribution in [2.45, 2.75) is 12.6 Å². The molecule has 146 valence electrons. The Labute approximate surface area is 162 Å². The van der Waals surface area contributed by atoms with Gasteiger partial charge in [-0.1, -0.05) is 23.7 Å². The third-order valence-electron chi connectivity index (χ3n) is 3.97. The smallest absolute Gasteiger partial charge is 0.352 e. The van der Waals surface area contributed by atoms with Crippen LogP contribution >= 0.6 is 11.6 Å². The monoisotopic (exact) mass is 411 g/mol. The van der Waals surface area contributed by atoms with Crippen LogP contribution in [0.15, 0.2) is 54.7 Å². The fourth-order valence-corrected chi connectivity index (χ4v) is 2.76. The van der Waals surface area contributed by atoms with Crippen molar-refractivity contribution in [1.29, 1.82) is 0 Å². The van der Waals surface area contributed by atoms with Gasteiger partial charge in [-0.15, -0.1) is 0 Å². The molecule has 3 rings (SSSR count).